The molecule has 0 aliphatic rings. The molecular weight excluding hydrogens is 230 g/mol. The van der Waals surface area contributed by atoms with Crippen molar-refractivity contribution in [1.29, 1.82) is 0 Å². The number of rotatable bonds is 7. The van der Waals surface area contributed by atoms with Gasteiger partial charge in [0.05, 0.1) is 12.6 Å². The van der Waals surface area contributed by atoms with E-state index in [2.05, 4.69) is 29.1 Å². The van der Waals surface area contributed by atoms with E-state index >= 15 is 0 Å². The molecule has 1 heterocycles. The lowest BCUT2D eigenvalue weighted by atomic mass is 10.1. The van der Waals surface area contributed by atoms with Crippen LogP contribution in [-0.2, 0) is 11.2 Å². The minimum Gasteiger partial charge on any atom is -0.380 e. The van der Waals surface area contributed by atoms with Crippen LogP contribution in [-0.4, -0.2) is 29.2 Å². The van der Waals surface area contributed by atoms with Gasteiger partial charge in [-0.25, -0.2) is 4.98 Å². The summed E-state index contributed by atoms with van der Waals surface area (Å²) in [6.07, 6.45) is 0.711. The van der Waals surface area contributed by atoms with E-state index in [-0.39, 0.29) is 11.6 Å². The van der Waals surface area contributed by atoms with Crippen LogP contribution in [0.25, 0.3) is 0 Å². The molecule has 1 aromatic rings. The second-order valence-electron chi connectivity index (χ2n) is 4.59. The van der Waals surface area contributed by atoms with Gasteiger partial charge in [0.25, 0.3) is 5.56 Å². The smallest absolute Gasteiger partial charge is 0.252 e. The first-order valence-electron chi connectivity index (χ1n) is 6.51. The number of anilines is 1. The predicted molar refractivity (Wildman–Crippen MR) is 73.0 cm³/mol. The number of hydrogen-bond donors (Lipinski definition) is 2. The standard InChI is InChI=1S/C13H23N3O2/c1-5-11-15-12(7-13(17)16-11)14-10(9(3)4)8-18-6-2/h7,9-10H,5-6,8H2,1-4H3,(H2,14,15,16,17). The molecule has 1 aromatic heterocycles. The third-order valence-electron chi connectivity index (χ3n) is 2.77. The second kappa shape index (κ2) is 7.16. The van der Waals surface area contributed by atoms with Crippen LogP contribution < -0.4 is 10.9 Å². The molecule has 0 aliphatic heterocycles. The molecule has 1 unspecified atom stereocenters. The Morgan fingerprint density at radius 2 is 2.17 bits per heavy atom. The van der Waals surface area contributed by atoms with E-state index in [0.717, 1.165) is 0 Å². The summed E-state index contributed by atoms with van der Waals surface area (Å²) in [4.78, 5) is 18.5. The Morgan fingerprint density at radius 3 is 2.72 bits per heavy atom. The van der Waals surface area contributed by atoms with Crippen molar-refractivity contribution in [3.05, 3.63) is 22.2 Å². The van der Waals surface area contributed by atoms with Crippen molar-refractivity contribution >= 4 is 5.82 Å². The fourth-order valence-electron chi connectivity index (χ4n) is 1.59. The van der Waals surface area contributed by atoms with E-state index in [1.165, 1.54) is 6.07 Å². The Bertz CT molecular complexity index is 415. The molecule has 2 N–H and O–H groups in total. The predicted octanol–water partition coefficient (Wildman–Crippen LogP) is 1.81. The molecule has 0 bridgehead atoms. The average Bonchev–Trinajstić information content (AvgIpc) is 2.33. The van der Waals surface area contributed by atoms with Crippen LogP contribution in [0.5, 0.6) is 0 Å². The molecule has 102 valence electrons. The number of aryl methyl sites for hydroxylation is 1. The summed E-state index contributed by atoms with van der Waals surface area (Å²) in [5.74, 6) is 1.72. The van der Waals surface area contributed by atoms with Crippen LogP contribution in [0.2, 0.25) is 0 Å². The van der Waals surface area contributed by atoms with Gasteiger partial charge in [0, 0.05) is 19.1 Å². The van der Waals surface area contributed by atoms with Crippen LogP contribution in [0.3, 0.4) is 0 Å². The van der Waals surface area contributed by atoms with Crippen molar-refractivity contribution in [2.24, 2.45) is 5.92 Å². The third kappa shape index (κ3) is 4.49. The monoisotopic (exact) mass is 253 g/mol. The molecule has 0 saturated carbocycles. The van der Waals surface area contributed by atoms with Crippen LogP contribution in [0, 0.1) is 5.92 Å². The van der Waals surface area contributed by atoms with Crippen molar-refractivity contribution in [2.75, 3.05) is 18.5 Å². The number of nitrogens with one attached hydrogen (secondary N) is 2. The van der Waals surface area contributed by atoms with Crippen LogP contribution in [0.1, 0.15) is 33.5 Å². The van der Waals surface area contributed by atoms with Gasteiger partial charge in [-0.1, -0.05) is 20.8 Å². The first-order chi connectivity index (χ1) is 8.56. The highest BCUT2D eigenvalue weighted by molar-refractivity contribution is 5.34. The van der Waals surface area contributed by atoms with E-state index in [0.29, 0.717) is 37.2 Å². The zero-order chi connectivity index (χ0) is 13.5. The first-order valence-corrected chi connectivity index (χ1v) is 6.51. The summed E-state index contributed by atoms with van der Waals surface area (Å²) in [7, 11) is 0. The van der Waals surface area contributed by atoms with Crippen LogP contribution in [0.4, 0.5) is 5.82 Å². The summed E-state index contributed by atoms with van der Waals surface area (Å²) in [6, 6.07) is 1.64. The SMILES string of the molecule is CCOCC(Nc1cc(=O)[nH]c(CC)n1)C(C)C. The quantitative estimate of drug-likeness (QED) is 0.777. The Labute approximate surface area is 108 Å². The molecule has 0 aliphatic carbocycles. The van der Waals surface area contributed by atoms with Crippen molar-refractivity contribution in [3.8, 4) is 0 Å². The van der Waals surface area contributed by atoms with Crippen molar-refractivity contribution in [3.63, 3.8) is 0 Å². The lowest BCUT2D eigenvalue weighted by Gasteiger charge is -2.22. The largest absolute Gasteiger partial charge is 0.380 e. The molecule has 5 nitrogen and oxygen atoms in total. The van der Waals surface area contributed by atoms with Gasteiger partial charge in [-0.15, -0.1) is 0 Å². The van der Waals surface area contributed by atoms with Gasteiger partial charge in [0.1, 0.15) is 11.6 Å². The maximum atomic E-state index is 11.5. The fourth-order valence-corrected chi connectivity index (χ4v) is 1.59. The highest BCUT2D eigenvalue weighted by atomic mass is 16.5. The van der Waals surface area contributed by atoms with E-state index in [4.69, 9.17) is 4.74 Å². The number of H-pyrrole nitrogens is 1. The Balaban J connectivity index is 2.79. The van der Waals surface area contributed by atoms with Gasteiger partial charge >= 0.3 is 0 Å². The van der Waals surface area contributed by atoms with Gasteiger partial charge in [0.15, 0.2) is 0 Å². The highest BCUT2D eigenvalue weighted by Crippen LogP contribution is 2.09. The van der Waals surface area contributed by atoms with Gasteiger partial charge in [-0.2, -0.15) is 0 Å². The van der Waals surface area contributed by atoms with Gasteiger partial charge < -0.3 is 15.0 Å². The van der Waals surface area contributed by atoms with Gasteiger partial charge in [-0.3, -0.25) is 4.79 Å². The molecule has 0 fully saturated rings. The average molecular weight is 253 g/mol. The number of aromatic nitrogens is 2. The zero-order valence-electron chi connectivity index (χ0n) is 11.6. The van der Waals surface area contributed by atoms with Gasteiger partial charge in [0.2, 0.25) is 0 Å². The molecule has 18 heavy (non-hydrogen) atoms. The second-order valence-corrected chi connectivity index (χ2v) is 4.59. The minimum absolute atomic E-state index is 0.122. The third-order valence-corrected chi connectivity index (χ3v) is 2.77. The number of aromatic amines is 1. The maximum absolute atomic E-state index is 11.5. The normalized spacial score (nSPS) is 12.7. The fraction of sp³-hybridized carbons (Fsp3) is 0.692. The Hall–Kier alpha value is -1.36. The molecule has 0 radical (unpaired) electrons. The summed E-state index contributed by atoms with van der Waals surface area (Å²) in [6.45, 7) is 9.47. The lowest BCUT2D eigenvalue weighted by molar-refractivity contribution is 0.126. The minimum atomic E-state index is -0.122. The molecule has 1 rings (SSSR count). The zero-order valence-corrected chi connectivity index (χ0v) is 11.6. The molecule has 0 aromatic carbocycles. The molecule has 0 amide bonds. The number of hydrogen-bond acceptors (Lipinski definition) is 4. The van der Waals surface area contributed by atoms with Crippen molar-refractivity contribution in [1.82, 2.24) is 9.97 Å². The van der Waals surface area contributed by atoms with E-state index in [1.807, 2.05) is 13.8 Å². The van der Waals surface area contributed by atoms with Crippen molar-refractivity contribution in [2.45, 2.75) is 40.2 Å². The molecule has 0 saturated heterocycles. The topological polar surface area (TPSA) is 67.0 Å². The van der Waals surface area contributed by atoms with Crippen LogP contribution in [0.15, 0.2) is 10.9 Å². The van der Waals surface area contributed by atoms with Crippen molar-refractivity contribution < 1.29 is 4.74 Å². The molecule has 1 atom stereocenters. The Morgan fingerprint density at radius 1 is 1.44 bits per heavy atom. The number of ether oxygens (including phenoxy) is 1. The maximum Gasteiger partial charge on any atom is 0.252 e. The molecule has 0 spiro atoms. The van der Waals surface area contributed by atoms with E-state index in [1.54, 1.807) is 0 Å². The summed E-state index contributed by atoms with van der Waals surface area (Å²) in [5, 5.41) is 3.27. The molecular formula is C13H23N3O2. The molecule has 5 heteroatoms. The summed E-state index contributed by atoms with van der Waals surface area (Å²) >= 11 is 0. The summed E-state index contributed by atoms with van der Waals surface area (Å²) < 4.78 is 5.44. The van der Waals surface area contributed by atoms with Crippen LogP contribution >= 0.6 is 0 Å². The Kier molecular flexibility index (Phi) is 5.85. The number of nitrogens with zero attached hydrogens (tertiary/aromatic N) is 1. The first kappa shape index (κ1) is 14.7. The highest BCUT2D eigenvalue weighted by Gasteiger charge is 2.14. The van der Waals surface area contributed by atoms with Gasteiger partial charge in [-0.05, 0) is 12.8 Å². The summed E-state index contributed by atoms with van der Waals surface area (Å²) in [5.41, 5.74) is -0.122. The van der Waals surface area contributed by atoms with E-state index in [9.17, 15) is 4.79 Å². The van der Waals surface area contributed by atoms with E-state index < -0.39 is 0 Å². The lowest BCUT2D eigenvalue weighted by Crippen LogP contribution is -2.32.